The predicted molar refractivity (Wildman–Crippen MR) is 304 cm³/mol. The molecule has 19 heteroatoms. The molecular formula is C57H60F3N7O4RuS4. The number of thiophene rings is 3. The molecular weight excluding hydrogens is 1130 g/mol. The van der Waals surface area contributed by atoms with E-state index in [2.05, 4.69) is 71.5 Å². The third-order valence-electron chi connectivity index (χ3n) is 11.7. The number of carbonyl (C=O) groups excluding carboxylic acids is 2. The average Bonchev–Trinajstić information content (AvgIpc) is 4.19. The van der Waals surface area contributed by atoms with Crippen molar-refractivity contribution in [2.75, 3.05) is 0 Å². The zero-order valence-electron chi connectivity index (χ0n) is 42.6. The summed E-state index contributed by atoms with van der Waals surface area (Å²) in [6, 6.07) is 20.8. The minimum atomic E-state index is -4.76. The number of allylic oxidation sites excluding steroid dienone is 1. The van der Waals surface area contributed by atoms with E-state index in [-0.39, 0.29) is 25.2 Å². The van der Waals surface area contributed by atoms with Crippen LogP contribution in [0, 0.1) is 5.41 Å². The first-order valence-electron chi connectivity index (χ1n) is 24.9. The molecule has 0 aromatic carbocycles. The van der Waals surface area contributed by atoms with Gasteiger partial charge in [-0.25, -0.2) is 4.98 Å². The summed E-state index contributed by atoms with van der Waals surface area (Å²) < 4.78 is 47.7. The molecule has 7 rings (SSSR count). The molecule has 0 bridgehead atoms. The normalized spacial score (nSPS) is 11.0. The van der Waals surface area contributed by atoms with Crippen LogP contribution in [0.15, 0.2) is 102 Å². The Morgan fingerprint density at radius 2 is 1.25 bits per heavy atom. The second-order valence-corrected chi connectivity index (χ2v) is 20.4. The molecule has 0 fully saturated rings. The topological polar surface area (TPSA) is 174 Å². The fraction of sp³-hybridized carbons (Fsp3) is 0.333. The fourth-order valence-electron chi connectivity index (χ4n) is 7.93. The number of pyridine rings is 4. The van der Waals surface area contributed by atoms with Crippen LogP contribution in [-0.2, 0) is 48.3 Å². The fourth-order valence-corrected chi connectivity index (χ4v) is 11.2. The Morgan fingerprint density at radius 3 is 1.88 bits per heavy atom. The number of hydrogen-bond acceptors (Lipinski definition) is 13. The molecule has 0 unspecified atom stereocenters. The minimum Gasteiger partial charge on any atom is -0.753 e. The molecule has 7 aromatic rings. The summed E-state index contributed by atoms with van der Waals surface area (Å²) in [6.07, 6.45) is 18.3. The van der Waals surface area contributed by atoms with Crippen molar-refractivity contribution in [2.24, 2.45) is 0 Å². The van der Waals surface area contributed by atoms with Crippen molar-refractivity contribution >= 4 is 75.7 Å². The molecule has 11 nitrogen and oxygen atoms in total. The van der Waals surface area contributed by atoms with Gasteiger partial charge in [-0.1, -0.05) is 90.8 Å². The van der Waals surface area contributed by atoms with E-state index in [9.17, 15) is 22.8 Å². The first kappa shape index (κ1) is 62.6. The second-order valence-electron chi connectivity index (χ2n) is 17.3. The van der Waals surface area contributed by atoms with Gasteiger partial charge >= 0.3 is 25.7 Å². The summed E-state index contributed by atoms with van der Waals surface area (Å²) in [6.45, 7) is 7.40. The largest absolute Gasteiger partial charge is 2.00 e. The number of rotatable bonds is 26. The van der Waals surface area contributed by atoms with E-state index in [1.807, 2.05) is 40.2 Å². The van der Waals surface area contributed by atoms with Crippen molar-refractivity contribution in [1.29, 1.82) is 5.41 Å². The Labute approximate surface area is 473 Å². The monoisotopic (exact) mass is 1190 g/mol. The van der Waals surface area contributed by atoms with Gasteiger partial charge in [0.05, 0.1) is 22.8 Å². The van der Waals surface area contributed by atoms with Gasteiger partial charge in [-0.3, -0.25) is 30.0 Å². The van der Waals surface area contributed by atoms with E-state index in [0.717, 1.165) is 41.7 Å². The van der Waals surface area contributed by atoms with Crippen LogP contribution in [-0.4, -0.2) is 49.9 Å². The molecule has 0 saturated heterocycles. The van der Waals surface area contributed by atoms with Crippen molar-refractivity contribution < 1.29 is 51.7 Å². The number of halogens is 3. The molecule has 0 spiro atoms. The number of ether oxygens (including phenoxy) is 2. The van der Waals surface area contributed by atoms with E-state index >= 15 is 0 Å². The van der Waals surface area contributed by atoms with Crippen LogP contribution in [0.4, 0.5) is 13.2 Å². The number of aryl methyl sites for hydroxylation is 3. The maximum absolute atomic E-state index is 12.5. The molecule has 7 heterocycles. The zero-order chi connectivity index (χ0) is 54.0. The number of hydrogen-bond donors (Lipinski definition) is 1. The first-order chi connectivity index (χ1) is 36.3. The van der Waals surface area contributed by atoms with Gasteiger partial charge in [0.25, 0.3) is 12.9 Å². The summed E-state index contributed by atoms with van der Waals surface area (Å²) in [5, 5.41) is 19.8. The van der Waals surface area contributed by atoms with E-state index in [0.29, 0.717) is 53.3 Å². The minimum absolute atomic E-state index is 0. The number of isothiocyanates is 1. The number of unbranched alkanes of at least 4 members (excludes halogenated alkanes) is 9. The molecule has 2 N–H and O–H groups in total. The number of alkyl halides is 3. The number of nitrogens with one attached hydrogen (secondary N) is 2. The molecule has 400 valence electrons. The van der Waals surface area contributed by atoms with E-state index in [1.165, 1.54) is 120 Å². The molecule has 0 saturated carbocycles. The Hall–Kier alpha value is -5.94. The van der Waals surface area contributed by atoms with Crippen LogP contribution < -0.4 is 9.47 Å². The number of aromatic nitrogens is 4. The number of nitrogens with zero attached hydrogens (tertiary/aromatic N) is 5. The molecule has 76 heavy (non-hydrogen) atoms. The number of thiocarbonyl (C=S) groups is 1. The molecule has 0 aliphatic heterocycles. The van der Waals surface area contributed by atoms with Crippen molar-refractivity contribution in [1.82, 2.24) is 19.9 Å². The molecule has 0 aliphatic rings. The Kier molecular flexibility index (Phi) is 27.4. The molecule has 0 atom stereocenters. The molecule has 0 amide bonds. The van der Waals surface area contributed by atoms with Crippen LogP contribution in [0.2, 0.25) is 0 Å². The van der Waals surface area contributed by atoms with Gasteiger partial charge in [0, 0.05) is 62.0 Å². The van der Waals surface area contributed by atoms with Gasteiger partial charge in [-0.05, 0) is 132 Å². The van der Waals surface area contributed by atoms with Crippen LogP contribution in [0.5, 0.6) is 11.5 Å². The van der Waals surface area contributed by atoms with Crippen LogP contribution in [0.3, 0.4) is 0 Å². The van der Waals surface area contributed by atoms with E-state index in [4.69, 9.17) is 31.0 Å². The first-order valence-corrected chi connectivity index (χ1v) is 27.8. The molecule has 7 aromatic heterocycles. The quantitative estimate of drug-likeness (QED) is 0.0182. The SMILES string of the molecule is CCCCCCc1ccsc1-c1ccnc(/C([NH-])=C/C(=N)C(F)(F)F)c1.CCCCCCc1csc(-c2sc(-c3ccnc(-c4cc(OC=O)cc(-c5cc(OC=O)ccn5)n4)c3)cc2CCCCCC)c1.[N-]=C=S.[Ru+2]. The smallest absolute Gasteiger partial charge is 0.753 e. The van der Waals surface area contributed by atoms with Crippen LogP contribution >= 0.6 is 46.2 Å². The van der Waals surface area contributed by atoms with Crippen LogP contribution in [0.1, 0.15) is 120 Å². The van der Waals surface area contributed by atoms with Crippen molar-refractivity contribution in [3.8, 4) is 64.9 Å². The van der Waals surface area contributed by atoms with Gasteiger partial charge < -0.3 is 20.6 Å². The van der Waals surface area contributed by atoms with Gasteiger partial charge in [0.1, 0.15) is 17.2 Å². The zero-order valence-corrected chi connectivity index (χ0v) is 47.6. The Morgan fingerprint density at radius 1 is 0.684 bits per heavy atom. The molecule has 0 radical (unpaired) electrons. The van der Waals surface area contributed by atoms with Gasteiger partial charge in [-0.15, -0.1) is 39.7 Å². The van der Waals surface area contributed by atoms with Gasteiger partial charge in [0.2, 0.25) is 0 Å². The Bertz CT molecular complexity index is 3000. The van der Waals surface area contributed by atoms with E-state index in [1.54, 1.807) is 53.9 Å². The summed E-state index contributed by atoms with van der Waals surface area (Å²) in [4.78, 5) is 44.9. The summed E-state index contributed by atoms with van der Waals surface area (Å²) in [5.41, 5.74) is 14.0. The summed E-state index contributed by atoms with van der Waals surface area (Å²) >= 11 is 8.96. The van der Waals surface area contributed by atoms with E-state index < -0.39 is 17.6 Å². The number of carbonyl (C=O) groups is 2. The van der Waals surface area contributed by atoms with Gasteiger partial charge in [-0.2, -0.15) is 18.3 Å². The standard InChI is InChI=1S/C37H39N3O4S2.C19H21F3N3S.CNS.Ru/c1-3-5-7-9-11-26-17-36(45-23-26)37-28(12-10-8-6-4-2)19-35(46-37)27-13-15-38-31(18-27)33-21-30(44-25-42)22-34(40-33)32-20-29(43-24-41)14-16-39-32;1-2-3-4-5-6-13-8-10-26-18(13)14-7-9-25-16(11-14)15(23)12-17(24)19(20,21)22;2-1-3;/h13-25H,3-12H2,1-2H3;7-12,23-24H,2-6H2,1H3;;/q;2*-1;+2/b;15-12-,24-17?;;. The molecule has 0 aliphatic carbocycles. The Balaban J connectivity index is 0.000000353. The van der Waals surface area contributed by atoms with Crippen molar-refractivity contribution in [3.05, 3.63) is 136 Å². The van der Waals surface area contributed by atoms with Gasteiger partial charge in [0.15, 0.2) is 0 Å². The second kappa shape index (κ2) is 33.3. The summed E-state index contributed by atoms with van der Waals surface area (Å²) in [7, 11) is 0. The third kappa shape index (κ3) is 19.6. The van der Waals surface area contributed by atoms with Crippen molar-refractivity contribution in [2.45, 2.75) is 123 Å². The maximum atomic E-state index is 12.5. The third-order valence-corrected chi connectivity index (χ3v) is 15.1. The van der Waals surface area contributed by atoms with Crippen LogP contribution in [0.25, 0.3) is 70.3 Å². The summed E-state index contributed by atoms with van der Waals surface area (Å²) in [5.74, 6) is 0.639. The predicted octanol–water partition coefficient (Wildman–Crippen LogP) is 17.5. The van der Waals surface area contributed by atoms with Crippen molar-refractivity contribution in [3.63, 3.8) is 0 Å². The average molecular weight is 1190 g/mol. The maximum Gasteiger partial charge on any atom is 2.00 e.